The first-order valence-electron chi connectivity index (χ1n) is 3.68. The third-order valence-electron chi connectivity index (χ3n) is 1.99. The summed E-state index contributed by atoms with van der Waals surface area (Å²) in [6, 6.07) is 0.460. The van der Waals surface area contributed by atoms with E-state index >= 15 is 0 Å². The fraction of sp³-hybridized carbons (Fsp3) is 0.857. The number of rotatable bonds is 0. The van der Waals surface area contributed by atoms with Gasteiger partial charge in [-0.15, -0.1) is 12.4 Å². The Morgan fingerprint density at radius 2 is 2.18 bits per heavy atom. The van der Waals surface area contributed by atoms with E-state index in [0.717, 1.165) is 18.7 Å². The average Bonchev–Trinajstić information content (AvgIpc) is 1.94. The van der Waals surface area contributed by atoms with Gasteiger partial charge in [-0.3, -0.25) is 0 Å². The van der Waals surface area contributed by atoms with Gasteiger partial charge in [0.05, 0.1) is 5.71 Å². The second-order valence-corrected chi connectivity index (χ2v) is 3.01. The molecule has 2 atom stereocenters. The molecule has 0 radical (unpaired) electrons. The summed E-state index contributed by atoms with van der Waals surface area (Å²) >= 11 is 0. The van der Waals surface area contributed by atoms with Crippen LogP contribution in [0, 0.1) is 5.92 Å². The standard InChI is InChI=1S/C7H14N2O.ClH/c1-5-4-8-6(2)3-7(5)9-10;/h5-6,8,10H,3-4H2,1-2H3;1H/b9-7+;. The molecule has 0 aromatic heterocycles. The molecule has 0 bridgehead atoms. The second kappa shape index (κ2) is 4.57. The highest BCUT2D eigenvalue weighted by molar-refractivity contribution is 5.87. The molecule has 0 aliphatic carbocycles. The molecule has 1 saturated heterocycles. The maximum Gasteiger partial charge on any atom is 0.0626 e. The molecule has 1 rings (SSSR count). The number of nitrogens with one attached hydrogen (secondary N) is 1. The maximum atomic E-state index is 8.54. The van der Waals surface area contributed by atoms with Crippen LogP contribution >= 0.6 is 12.4 Å². The van der Waals surface area contributed by atoms with Crippen LogP contribution in [0.1, 0.15) is 20.3 Å². The average molecular weight is 179 g/mol. The van der Waals surface area contributed by atoms with Crippen LogP contribution in [-0.2, 0) is 0 Å². The highest BCUT2D eigenvalue weighted by Gasteiger charge is 2.20. The first-order valence-corrected chi connectivity index (χ1v) is 3.68. The van der Waals surface area contributed by atoms with Gasteiger partial charge in [-0.1, -0.05) is 12.1 Å². The van der Waals surface area contributed by atoms with Gasteiger partial charge in [-0.05, 0) is 6.92 Å². The largest absolute Gasteiger partial charge is 0.411 e. The van der Waals surface area contributed by atoms with Crippen molar-refractivity contribution in [2.45, 2.75) is 26.3 Å². The molecule has 2 unspecified atom stereocenters. The van der Waals surface area contributed by atoms with Gasteiger partial charge in [0, 0.05) is 24.9 Å². The molecule has 1 aliphatic rings. The summed E-state index contributed by atoms with van der Waals surface area (Å²) in [4.78, 5) is 0. The molecule has 1 heterocycles. The van der Waals surface area contributed by atoms with Gasteiger partial charge in [0.15, 0.2) is 0 Å². The third kappa shape index (κ3) is 2.67. The predicted octanol–water partition coefficient (Wildman–Crippen LogP) is 1.26. The summed E-state index contributed by atoms with van der Waals surface area (Å²) in [5.41, 5.74) is 0.922. The van der Waals surface area contributed by atoms with E-state index in [9.17, 15) is 0 Å². The van der Waals surface area contributed by atoms with Crippen molar-refractivity contribution < 1.29 is 5.21 Å². The Hall–Kier alpha value is -0.280. The minimum absolute atomic E-state index is 0. The zero-order chi connectivity index (χ0) is 7.56. The summed E-state index contributed by atoms with van der Waals surface area (Å²) in [7, 11) is 0. The van der Waals surface area contributed by atoms with E-state index in [1.807, 2.05) is 0 Å². The van der Waals surface area contributed by atoms with Crippen molar-refractivity contribution in [1.29, 1.82) is 0 Å². The lowest BCUT2D eigenvalue weighted by Gasteiger charge is -2.25. The van der Waals surface area contributed by atoms with Crippen LogP contribution < -0.4 is 5.32 Å². The van der Waals surface area contributed by atoms with Crippen molar-refractivity contribution >= 4 is 18.1 Å². The lowest BCUT2D eigenvalue weighted by molar-refractivity contribution is 0.308. The molecule has 66 valence electrons. The highest BCUT2D eigenvalue weighted by Crippen LogP contribution is 2.10. The number of hydrogen-bond donors (Lipinski definition) is 2. The molecule has 0 aromatic carbocycles. The van der Waals surface area contributed by atoms with Crippen LogP contribution in [0.4, 0.5) is 0 Å². The molecule has 0 aromatic rings. The van der Waals surface area contributed by atoms with Crippen LogP contribution in [0.5, 0.6) is 0 Å². The van der Waals surface area contributed by atoms with E-state index in [1.54, 1.807) is 0 Å². The quantitative estimate of drug-likeness (QED) is 0.433. The number of hydrogen-bond acceptors (Lipinski definition) is 3. The Morgan fingerprint density at radius 3 is 2.64 bits per heavy atom. The van der Waals surface area contributed by atoms with Crippen molar-refractivity contribution in [3.8, 4) is 0 Å². The van der Waals surface area contributed by atoms with Crippen molar-refractivity contribution in [1.82, 2.24) is 5.32 Å². The topological polar surface area (TPSA) is 44.6 Å². The van der Waals surface area contributed by atoms with Gasteiger partial charge in [-0.2, -0.15) is 0 Å². The number of halogens is 1. The fourth-order valence-corrected chi connectivity index (χ4v) is 1.22. The van der Waals surface area contributed by atoms with E-state index in [0.29, 0.717) is 12.0 Å². The summed E-state index contributed by atoms with van der Waals surface area (Å²) in [6.45, 7) is 5.09. The SMILES string of the molecule is CC1C/C(=N\O)C(C)CN1.Cl. The predicted molar refractivity (Wildman–Crippen MR) is 47.7 cm³/mol. The fourth-order valence-electron chi connectivity index (χ4n) is 1.22. The molecule has 2 N–H and O–H groups in total. The summed E-state index contributed by atoms with van der Waals surface area (Å²) in [5, 5.41) is 15.1. The normalized spacial score (nSPS) is 34.9. The smallest absolute Gasteiger partial charge is 0.0626 e. The molecule has 3 nitrogen and oxygen atoms in total. The number of nitrogens with zero attached hydrogens (tertiary/aromatic N) is 1. The number of piperidine rings is 1. The zero-order valence-electron chi connectivity index (χ0n) is 6.87. The highest BCUT2D eigenvalue weighted by atomic mass is 35.5. The van der Waals surface area contributed by atoms with Gasteiger partial charge < -0.3 is 10.5 Å². The van der Waals surface area contributed by atoms with Crippen molar-refractivity contribution in [3.63, 3.8) is 0 Å². The van der Waals surface area contributed by atoms with Crippen molar-refractivity contribution in [2.24, 2.45) is 11.1 Å². The Kier molecular flexibility index (Phi) is 4.45. The number of oxime groups is 1. The molecule has 0 spiro atoms. The lowest BCUT2D eigenvalue weighted by atomic mass is 9.95. The molecule has 0 amide bonds. The van der Waals surface area contributed by atoms with E-state index in [4.69, 9.17) is 5.21 Å². The Balaban J connectivity index is 0.000001000. The minimum atomic E-state index is 0. The molecule has 0 saturated carbocycles. The van der Waals surface area contributed by atoms with Gasteiger partial charge in [-0.25, -0.2) is 0 Å². The lowest BCUT2D eigenvalue weighted by Crippen LogP contribution is -2.41. The van der Waals surface area contributed by atoms with Crippen LogP contribution in [0.15, 0.2) is 5.16 Å². The third-order valence-corrected chi connectivity index (χ3v) is 1.99. The van der Waals surface area contributed by atoms with E-state index < -0.39 is 0 Å². The monoisotopic (exact) mass is 178 g/mol. The van der Waals surface area contributed by atoms with Gasteiger partial charge in [0.1, 0.15) is 0 Å². The first kappa shape index (κ1) is 10.7. The van der Waals surface area contributed by atoms with Crippen LogP contribution in [-0.4, -0.2) is 23.5 Å². The maximum absolute atomic E-state index is 8.54. The molecule has 4 heteroatoms. The van der Waals surface area contributed by atoms with E-state index in [1.165, 1.54) is 0 Å². The van der Waals surface area contributed by atoms with Gasteiger partial charge in [0.2, 0.25) is 0 Å². The van der Waals surface area contributed by atoms with Crippen LogP contribution in [0.3, 0.4) is 0 Å². The second-order valence-electron chi connectivity index (χ2n) is 3.01. The van der Waals surface area contributed by atoms with Gasteiger partial charge in [0.25, 0.3) is 0 Å². The molecule has 1 fully saturated rings. The van der Waals surface area contributed by atoms with E-state index in [2.05, 4.69) is 24.3 Å². The Morgan fingerprint density at radius 1 is 1.55 bits per heavy atom. The summed E-state index contributed by atoms with van der Waals surface area (Å²) < 4.78 is 0. The molecular weight excluding hydrogens is 164 g/mol. The Bertz CT molecular complexity index is 149. The summed E-state index contributed by atoms with van der Waals surface area (Å²) in [6.07, 6.45) is 0.873. The molecule has 1 aliphatic heterocycles. The first-order chi connectivity index (χ1) is 4.74. The van der Waals surface area contributed by atoms with E-state index in [-0.39, 0.29) is 12.4 Å². The van der Waals surface area contributed by atoms with Crippen molar-refractivity contribution in [2.75, 3.05) is 6.54 Å². The van der Waals surface area contributed by atoms with Crippen LogP contribution in [0.25, 0.3) is 0 Å². The minimum Gasteiger partial charge on any atom is -0.411 e. The summed E-state index contributed by atoms with van der Waals surface area (Å²) in [5.74, 6) is 0.390. The molecule has 11 heavy (non-hydrogen) atoms. The zero-order valence-corrected chi connectivity index (χ0v) is 7.69. The van der Waals surface area contributed by atoms with Crippen molar-refractivity contribution in [3.05, 3.63) is 0 Å². The van der Waals surface area contributed by atoms with Gasteiger partial charge >= 0.3 is 0 Å². The Labute approximate surface area is 73.3 Å². The van der Waals surface area contributed by atoms with Crippen LogP contribution in [0.2, 0.25) is 0 Å². The molecular formula is C7H15ClN2O.